The Morgan fingerprint density at radius 1 is 0.857 bits per heavy atom. The highest BCUT2D eigenvalue weighted by Gasteiger charge is 2.15. The first-order valence-corrected chi connectivity index (χ1v) is 11.5. The zero-order valence-electron chi connectivity index (χ0n) is 19.3. The van der Waals surface area contributed by atoms with Crippen molar-refractivity contribution < 1.29 is 0 Å². The molecule has 0 spiro atoms. The van der Waals surface area contributed by atoms with Crippen LogP contribution in [0.15, 0.2) is 89.8 Å². The molecule has 1 aliphatic heterocycles. The largest absolute Gasteiger partial charge is 0.381 e. The van der Waals surface area contributed by atoms with E-state index in [0.29, 0.717) is 13.0 Å². The molecule has 0 saturated carbocycles. The van der Waals surface area contributed by atoms with Gasteiger partial charge in [-0.25, -0.2) is 9.97 Å². The van der Waals surface area contributed by atoms with Gasteiger partial charge in [-0.3, -0.25) is 15.0 Å². The number of hydrogen-bond donors (Lipinski definition) is 1. The smallest absolute Gasteiger partial charge is 0.115 e. The molecule has 5 aromatic rings. The summed E-state index contributed by atoms with van der Waals surface area (Å²) in [5, 5.41) is 4.80. The number of hydrogen-bond acceptors (Lipinski definition) is 6. The van der Waals surface area contributed by atoms with Gasteiger partial charge in [0.25, 0.3) is 0 Å². The van der Waals surface area contributed by atoms with Crippen LogP contribution in [0.2, 0.25) is 0 Å². The van der Waals surface area contributed by atoms with Crippen molar-refractivity contribution in [3.8, 4) is 22.3 Å². The molecular weight excluding hydrogens is 434 g/mol. The van der Waals surface area contributed by atoms with Crippen molar-refractivity contribution in [3.63, 3.8) is 0 Å². The lowest BCUT2D eigenvalue weighted by molar-refractivity contribution is 0.969. The van der Waals surface area contributed by atoms with Crippen molar-refractivity contribution in [1.82, 2.24) is 19.5 Å². The number of fused-ring (bicyclic) bond motifs is 2. The highest BCUT2D eigenvalue weighted by atomic mass is 14.9. The molecule has 0 fully saturated rings. The highest BCUT2D eigenvalue weighted by Crippen LogP contribution is 2.42. The molecule has 35 heavy (non-hydrogen) atoms. The Bertz CT molecular complexity index is 1580. The van der Waals surface area contributed by atoms with Gasteiger partial charge < -0.3 is 9.88 Å². The maximum Gasteiger partial charge on any atom is 0.115 e. The van der Waals surface area contributed by atoms with Crippen molar-refractivity contribution in [2.75, 3.05) is 5.32 Å². The molecule has 4 heterocycles. The SMILES string of the molecule is Cn1ccc2ccc(-c3cc(NCc4cnccc4-c4cncnc4)cc4c3N=CCC=N4)cc21. The molecule has 7 nitrogen and oxygen atoms in total. The number of aryl methyl sites for hydroxylation is 1. The van der Waals surface area contributed by atoms with Crippen LogP contribution in [0.5, 0.6) is 0 Å². The van der Waals surface area contributed by atoms with Crippen molar-refractivity contribution >= 4 is 40.4 Å². The van der Waals surface area contributed by atoms with Gasteiger partial charge in [0.15, 0.2) is 0 Å². The molecule has 170 valence electrons. The van der Waals surface area contributed by atoms with E-state index in [1.54, 1.807) is 6.20 Å². The molecule has 0 amide bonds. The van der Waals surface area contributed by atoms with Crippen LogP contribution in [0.1, 0.15) is 12.0 Å². The molecule has 3 aromatic heterocycles. The molecule has 0 aliphatic carbocycles. The van der Waals surface area contributed by atoms with E-state index in [2.05, 4.69) is 74.5 Å². The zero-order chi connectivity index (χ0) is 23.6. The number of aliphatic imine (C=N–C) groups is 2. The minimum Gasteiger partial charge on any atom is -0.381 e. The van der Waals surface area contributed by atoms with E-state index in [-0.39, 0.29) is 0 Å². The molecule has 7 heteroatoms. The summed E-state index contributed by atoms with van der Waals surface area (Å²) in [6.07, 6.45) is 15.5. The summed E-state index contributed by atoms with van der Waals surface area (Å²) >= 11 is 0. The Hall–Kier alpha value is -4.65. The van der Waals surface area contributed by atoms with Crippen molar-refractivity contribution in [3.05, 3.63) is 85.3 Å². The van der Waals surface area contributed by atoms with Crippen LogP contribution in [-0.4, -0.2) is 31.9 Å². The fraction of sp³-hybridized carbons (Fsp3) is 0.107. The fourth-order valence-corrected chi connectivity index (χ4v) is 4.43. The Labute approximate surface area is 203 Å². The van der Waals surface area contributed by atoms with Gasteiger partial charge in [0.2, 0.25) is 0 Å². The third kappa shape index (κ3) is 4.08. The van der Waals surface area contributed by atoms with Gasteiger partial charge in [-0.05, 0) is 52.4 Å². The lowest BCUT2D eigenvalue weighted by Gasteiger charge is -2.15. The first kappa shape index (κ1) is 20.9. The third-order valence-electron chi connectivity index (χ3n) is 6.21. The first-order valence-electron chi connectivity index (χ1n) is 11.5. The van der Waals surface area contributed by atoms with E-state index in [0.717, 1.165) is 44.9 Å². The quantitative estimate of drug-likeness (QED) is 0.345. The number of nitrogens with one attached hydrogen (secondary N) is 1. The van der Waals surface area contributed by atoms with E-state index in [1.807, 2.05) is 37.1 Å². The van der Waals surface area contributed by atoms with Crippen molar-refractivity contribution in [2.45, 2.75) is 13.0 Å². The van der Waals surface area contributed by atoms with E-state index in [9.17, 15) is 0 Å². The Morgan fingerprint density at radius 2 is 1.74 bits per heavy atom. The average Bonchev–Trinajstić information content (AvgIpc) is 3.11. The summed E-state index contributed by atoms with van der Waals surface area (Å²) < 4.78 is 2.14. The topological polar surface area (TPSA) is 80.4 Å². The molecule has 2 aromatic carbocycles. The summed E-state index contributed by atoms with van der Waals surface area (Å²) in [6.45, 7) is 0.597. The van der Waals surface area contributed by atoms with E-state index >= 15 is 0 Å². The normalized spacial score (nSPS) is 12.5. The summed E-state index contributed by atoms with van der Waals surface area (Å²) in [6, 6.07) is 14.9. The number of anilines is 1. The van der Waals surface area contributed by atoms with E-state index < -0.39 is 0 Å². The second kappa shape index (κ2) is 8.95. The standard InChI is InChI=1S/C28H23N7/c1-35-10-6-19-3-4-20(11-27(19)35)25-12-23(13-26-28(25)33-8-2-7-32-26)34-17-22-14-29-9-5-24(22)21-15-30-18-31-16-21/h3-16,18,34H,2,17H2,1H3. The van der Waals surface area contributed by atoms with Crippen LogP contribution in [0.4, 0.5) is 17.1 Å². The minimum atomic E-state index is 0.597. The van der Waals surface area contributed by atoms with Gasteiger partial charge >= 0.3 is 0 Å². The van der Waals surface area contributed by atoms with Gasteiger partial charge in [-0.15, -0.1) is 0 Å². The molecule has 0 radical (unpaired) electrons. The number of aromatic nitrogens is 4. The number of pyridine rings is 1. The number of rotatable bonds is 5. The van der Waals surface area contributed by atoms with Crippen molar-refractivity contribution in [1.29, 1.82) is 0 Å². The van der Waals surface area contributed by atoms with Gasteiger partial charge in [-0.2, -0.15) is 0 Å². The second-order valence-corrected chi connectivity index (χ2v) is 8.46. The van der Waals surface area contributed by atoms with Crippen LogP contribution in [-0.2, 0) is 13.6 Å². The average molecular weight is 458 g/mol. The Balaban J connectivity index is 1.40. The van der Waals surface area contributed by atoms with Gasteiger partial charge in [0.05, 0.1) is 11.4 Å². The maximum atomic E-state index is 4.76. The fourth-order valence-electron chi connectivity index (χ4n) is 4.43. The van der Waals surface area contributed by atoms with Gasteiger partial charge in [0.1, 0.15) is 6.33 Å². The van der Waals surface area contributed by atoms with Crippen LogP contribution < -0.4 is 5.32 Å². The summed E-state index contributed by atoms with van der Waals surface area (Å²) in [4.78, 5) is 22.1. The first-order chi connectivity index (χ1) is 17.3. The highest BCUT2D eigenvalue weighted by molar-refractivity contribution is 5.96. The summed E-state index contributed by atoms with van der Waals surface area (Å²) in [5.74, 6) is 0. The molecule has 1 aliphatic rings. The Morgan fingerprint density at radius 3 is 2.66 bits per heavy atom. The van der Waals surface area contributed by atoms with Crippen LogP contribution in [0.25, 0.3) is 33.2 Å². The molecule has 0 atom stereocenters. The van der Waals surface area contributed by atoms with Crippen LogP contribution in [0, 0.1) is 0 Å². The van der Waals surface area contributed by atoms with E-state index in [1.165, 1.54) is 17.2 Å². The molecule has 6 rings (SSSR count). The monoisotopic (exact) mass is 457 g/mol. The molecule has 0 saturated heterocycles. The molecule has 1 N–H and O–H groups in total. The van der Waals surface area contributed by atoms with Gasteiger partial charge in [0, 0.05) is 85.8 Å². The van der Waals surface area contributed by atoms with Gasteiger partial charge in [-0.1, -0.05) is 12.1 Å². The Kier molecular flexibility index (Phi) is 5.35. The summed E-state index contributed by atoms with van der Waals surface area (Å²) in [5.41, 5.74) is 9.13. The molecule has 0 bridgehead atoms. The lowest BCUT2D eigenvalue weighted by Crippen LogP contribution is -2.02. The van der Waals surface area contributed by atoms with Crippen LogP contribution >= 0.6 is 0 Å². The minimum absolute atomic E-state index is 0.597. The zero-order valence-corrected chi connectivity index (χ0v) is 19.3. The summed E-state index contributed by atoms with van der Waals surface area (Å²) in [7, 11) is 2.07. The van der Waals surface area contributed by atoms with Crippen molar-refractivity contribution in [2.24, 2.45) is 17.0 Å². The lowest BCUT2D eigenvalue weighted by atomic mass is 10.00. The van der Waals surface area contributed by atoms with E-state index in [4.69, 9.17) is 9.98 Å². The van der Waals surface area contributed by atoms with Crippen LogP contribution in [0.3, 0.4) is 0 Å². The second-order valence-electron chi connectivity index (χ2n) is 8.46. The third-order valence-corrected chi connectivity index (χ3v) is 6.21. The number of nitrogens with zero attached hydrogens (tertiary/aromatic N) is 6. The predicted molar refractivity (Wildman–Crippen MR) is 142 cm³/mol. The number of benzene rings is 2. The molecule has 0 unspecified atom stereocenters. The molecular formula is C28H23N7. The predicted octanol–water partition coefficient (Wildman–Crippen LogP) is 6.12. The maximum absolute atomic E-state index is 4.76.